The Labute approximate surface area is 282 Å². The van der Waals surface area contributed by atoms with E-state index in [2.05, 4.69) is 127 Å². The summed E-state index contributed by atoms with van der Waals surface area (Å²) < 4.78 is 0. The molecule has 1 fully saturated rings. The summed E-state index contributed by atoms with van der Waals surface area (Å²) in [6.07, 6.45) is 6.26. The zero-order chi connectivity index (χ0) is 31.9. The Hall–Kier alpha value is -5.67. The molecule has 2 aliphatic rings. The van der Waals surface area contributed by atoms with Crippen molar-refractivity contribution >= 4 is 0 Å². The topological polar surface area (TPSA) is 38.7 Å². The van der Waals surface area contributed by atoms with Crippen molar-refractivity contribution in [3.05, 3.63) is 163 Å². The lowest BCUT2D eigenvalue weighted by atomic mass is 9.66. The molecule has 3 heteroatoms. The molecule has 0 atom stereocenters. The van der Waals surface area contributed by atoms with Gasteiger partial charge in [-0.25, -0.2) is 15.0 Å². The number of benzene rings is 6. The van der Waals surface area contributed by atoms with Gasteiger partial charge in [-0.15, -0.1) is 0 Å². The molecule has 1 heterocycles. The van der Waals surface area contributed by atoms with E-state index in [4.69, 9.17) is 15.0 Å². The number of rotatable bonds is 5. The van der Waals surface area contributed by atoms with Gasteiger partial charge < -0.3 is 0 Å². The Morgan fingerprint density at radius 2 is 0.833 bits per heavy atom. The van der Waals surface area contributed by atoms with Gasteiger partial charge in [-0.05, 0) is 63.4 Å². The quantitative estimate of drug-likeness (QED) is 0.193. The molecule has 0 aliphatic heterocycles. The van der Waals surface area contributed by atoms with Crippen molar-refractivity contribution in [2.75, 3.05) is 0 Å². The molecule has 0 N–H and O–H groups in total. The SMILES string of the molecule is c1ccc(-c2ccc(-c3nc(-c4ccccc4)nc(-c4cccc(-c5cccc6c5C5(CCCCC5)c5ccccc5-6)c4)n3)cc2)cc1. The van der Waals surface area contributed by atoms with E-state index < -0.39 is 0 Å². The maximum absolute atomic E-state index is 5.10. The Morgan fingerprint density at radius 1 is 0.354 bits per heavy atom. The largest absolute Gasteiger partial charge is 0.208 e. The fourth-order valence-electron chi connectivity index (χ4n) is 8.10. The second-order valence-corrected chi connectivity index (χ2v) is 13.1. The molecule has 1 spiro atoms. The van der Waals surface area contributed by atoms with E-state index in [1.807, 2.05) is 24.3 Å². The molecule has 0 bridgehead atoms. The molecule has 0 saturated heterocycles. The van der Waals surface area contributed by atoms with Crippen LogP contribution in [-0.2, 0) is 5.41 Å². The summed E-state index contributed by atoms with van der Waals surface area (Å²) in [4.78, 5) is 15.2. The van der Waals surface area contributed by atoms with Crippen LogP contribution >= 0.6 is 0 Å². The van der Waals surface area contributed by atoms with E-state index >= 15 is 0 Å². The van der Waals surface area contributed by atoms with Crippen molar-refractivity contribution in [1.82, 2.24) is 15.0 Å². The standard InChI is InChI=1S/C45H35N3/c1-4-14-31(15-5-1)32-24-26-34(27-25-32)43-46-42(33-16-6-2-7-17-33)47-44(48-43)36-19-12-18-35(30-36)37-21-13-22-39-38-20-8-9-23-40(38)45(41(37)39)28-10-3-11-29-45/h1-2,4-9,12-27,30H,3,10-11,28-29H2. The summed E-state index contributed by atoms with van der Waals surface area (Å²) in [5, 5.41) is 0. The molecular weight excluding hydrogens is 583 g/mol. The van der Waals surface area contributed by atoms with Crippen LogP contribution in [0.5, 0.6) is 0 Å². The first-order valence-electron chi connectivity index (χ1n) is 17.1. The minimum Gasteiger partial charge on any atom is -0.208 e. The highest BCUT2D eigenvalue weighted by Gasteiger charge is 2.45. The van der Waals surface area contributed by atoms with Crippen molar-refractivity contribution in [2.45, 2.75) is 37.5 Å². The summed E-state index contributed by atoms with van der Waals surface area (Å²) in [6, 6.07) is 54.0. The monoisotopic (exact) mass is 617 g/mol. The molecule has 7 aromatic rings. The molecule has 1 aromatic heterocycles. The van der Waals surface area contributed by atoms with Gasteiger partial charge in [0.25, 0.3) is 0 Å². The smallest absolute Gasteiger partial charge is 0.164 e. The van der Waals surface area contributed by atoms with Gasteiger partial charge in [-0.2, -0.15) is 0 Å². The third kappa shape index (κ3) is 4.86. The predicted octanol–water partition coefficient (Wildman–Crippen LogP) is 11.4. The summed E-state index contributed by atoms with van der Waals surface area (Å²) in [6.45, 7) is 0. The van der Waals surface area contributed by atoms with E-state index in [1.165, 1.54) is 71.0 Å². The Balaban J connectivity index is 1.17. The van der Waals surface area contributed by atoms with Crippen LogP contribution in [0.4, 0.5) is 0 Å². The van der Waals surface area contributed by atoms with Crippen LogP contribution in [0.2, 0.25) is 0 Å². The first-order chi connectivity index (χ1) is 23.8. The zero-order valence-electron chi connectivity index (χ0n) is 26.8. The van der Waals surface area contributed by atoms with Gasteiger partial charge in [0, 0.05) is 22.1 Å². The highest BCUT2D eigenvalue weighted by molar-refractivity contribution is 5.89. The van der Waals surface area contributed by atoms with Crippen molar-refractivity contribution < 1.29 is 0 Å². The summed E-state index contributed by atoms with van der Waals surface area (Å²) in [5.41, 5.74) is 13.7. The predicted molar refractivity (Wildman–Crippen MR) is 196 cm³/mol. The van der Waals surface area contributed by atoms with E-state index in [1.54, 1.807) is 0 Å². The molecule has 0 radical (unpaired) electrons. The summed E-state index contributed by atoms with van der Waals surface area (Å²) in [7, 11) is 0. The van der Waals surface area contributed by atoms with Crippen LogP contribution < -0.4 is 0 Å². The van der Waals surface area contributed by atoms with E-state index in [9.17, 15) is 0 Å². The van der Waals surface area contributed by atoms with Gasteiger partial charge in [-0.3, -0.25) is 0 Å². The van der Waals surface area contributed by atoms with Crippen LogP contribution in [0.15, 0.2) is 152 Å². The van der Waals surface area contributed by atoms with Crippen LogP contribution in [0.1, 0.15) is 43.2 Å². The van der Waals surface area contributed by atoms with Gasteiger partial charge in [0.15, 0.2) is 17.5 Å². The van der Waals surface area contributed by atoms with Crippen molar-refractivity contribution in [2.24, 2.45) is 0 Å². The molecule has 0 unspecified atom stereocenters. The van der Waals surface area contributed by atoms with Crippen LogP contribution in [0.3, 0.4) is 0 Å². The molecule has 2 aliphatic carbocycles. The normalized spacial score (nSPS) is 14.4. The molecule has 3 nitrogen and oxygen atoms in total. The Bertz CT molecular complexity index is 2250. The second-order valence-electron chi connectivity index (χ2n) is 13.1. The third-order valence-electron chi connectivity index (χ3n) is 10.3. The van der Waals surface area contributed by atoms with Crippen molar-refractivity contribution in [1.29, 1.82) is 0 Å². The highest BCUT2D eigenvalue weighted by Crippen LogP contribution is 2.58. The van der Waals surface area contributed by atoms with Crippen LogP contribution in [-0.4, -0.2) is 15.0 Å². The van der Waals surface area contributed by atoms with E-state index in [-0.39, 0.29) is 5.41 Å². The van der Waals surface area contributed by atoms with Gasteiger partial charge in [-0.1, -0.05) is 165 Å². The molecule has 6 aromatic carbocycles. The van der Waals surface area contributed by atoms with Gasteiger partial charge >= 0.3 is 0 Å². The van der Waals surface area contributed by atoms with Gasteiger partial charge in [0.1, 0.15) is 0 Å². The molecule has 230 valence electrons. The number of aromatic nitrogens is 3. The number of hydrogen-bond donors (Lipinski definition) is 0. The second kappa shape index (κ2) is 11.8. The highest BCUT2D eigenvalue weighted by atomic mass is 15.0. The average Bonchev–Trinajstić information content (AvgIpc) is 3.44. The Kier molecular flexibility index (Phi) is 7.04. The minimum atomic E-state index is 0.0729. The molecule has 1 saturated carbocycles. The third-order valence-corrected chi connectivity index (χ3v) is 10.3. The number of hydrogen-bond acceptors (Lipinski definition) is 3. The first kappa shape index (κ1) is 28.5. The fourth-order valence-corrected chi connectivity index (χ4v) is 8.10. The lowest BCUT2D eigenvalue weighted by Gasteiger charge is -2.37. The Morgan fingerprint density at radius 3 is 1.56 bits per heavy atom. The molecule has 9 rings (SSSR count). The molecule has 48 heavy (non-hydrogen) atoms. The number of fused-ring (bicyclic) bond motifs is 5. The van der Waals surface area contributed by atoms with Crippen molar-refractivity contribution in [3.63, 3.8) is 0 Å². The first-order valence-corrected chi connectivity index (χ1v) is 17.1. The minimum absolute atomic E-state index is 0.0729. The van der Waals surface area contributed by atoms with E-state index in [0.717, 1.165) is 22.3 Å². The molecule has 0 amide bonds. The van der Waals surface area contributed by atoms with Crippen LogP contribution in [0.25, 0.3) is 67.5 Å². The van der Waals surface area contributed by atoms with Gasteiger partial charge in [0.05, 0.1) is 0 Å². The lowest BCUT2D eigenvalue weighted by molar-refractivity contribution is 0.353. The molecular formula is C45H35N3. The summed E-state index contributed by atoms with van der Waals surface area (Å²) in [5.74, 6) is 2.02. The fraction of sp³-hybridized carbons (Fsp3) is 0.133. The maximum Gasteiger partial charge on any atom is 0.164 e. The summed E-state index contributed by atoms with van der Waals surface area (Å²) >= 11 is 0. The van der Waals surface area contributed by atoms with Crippen molar-refractivity contribution in [3.8, 4) is 67.5 Å². The van der Waals surface area contributed by atoms with E-state index in [0.29, 0.717) is 17.5 Å². The number of nitrogens with zero attached hydrogens (tertiary/aromatic N) is 3. The van der Waals surface area contributed by atoms with Gasteiger partial charge in [0.2, 0.25) is 0 Å². The zero-order valence-corrected chi connectivity index (χ0v) is 26.8. The lowest BCUT2D eigenvalue weighted by Crippen LogP contribution is -2.28. The average molecular weight is 618 g/mol. The maximum atomic E-state index is 5.10. The van der Waals surface area contributed by atoms with Crippen LogP contribution in [0, 0.1) is 0 Å².